The van der Waals surface area contributed by atoms with Gasteiger partial charge in [-0.1, -0.05) is 12.1 Å². The molecule has 3 nitrogen and oxygen atoms in total. The van der Waals surface area contributed by atoms with Crippen LogP contribution in [0.1, 0.15) is 11.4 Å². The van der Waals surface area contributed by atoms with Gasteiger partial charge >= 0.3 is 0 Å². The van der Waals surface area contributed by atoms with Crippen molar-refractivity contribution in [3.63, 3.8) is 0 Å². The summed E-state index contributed by atoms with van der Waals surface area (Å²) < 4.78 is 0. The first-order valence-corrected chi connectivity index (χ1v) is 9.43. The summed E-state index contributed by atoms with van der Waals surface area (Å²) in [6.45, 7) is 2.92. The largest absolute Gasteiger partial charge is 0.362 e. The molecule has 112 valence electrons. The van der Waals surface area contributed by atoms with Crippen LogP contribution in [0.15, 0.2) is 29.6 Å². The summed E-state index contributed by atoms with van der Waals surface area (Å²) in [5, 5.41) is 10.2. The molecule has 1 aromatic heterocycles. The van der Waals surface area contributed by atoms with Gasteiger partial charge in [0, 0.05) is 23.2 Å². The Bertz CT molecular complexity index is 578. The number of nitrogens with zero attached hydrogens (tertiary/aromatic N) is 1. The molecule has 0 amide bonds. The number of benzene rings is 1. The molecule has 0 spiro atoms. The Morgan fingerprint density at radius 3 is 2.71 bits per heavy atom. The van der Waals surface area contributed by atoms with E-state index in [1.165, 1.54) is 0 Å². The van der Waals surface area contributed by atoms with E-state index < -0.39 is 0 Å². The van der Waals surface area contributed by atoms with Crippen LogP contribution < -0.4 is 10.6 Å². The summed E-state index contributed by atoms with van der Waals surface area (Å²) in [4.78, 5) is 4.49. The number of thiazole rings is 1. The second-order valence-corrected chi connectivity index (χ2v) is 7.01. The molecule has 0 radical (unpaired) electrons. The van der Waals surface area contributed by atoms with Gasteiger partial charge in [-0.3, -0.25) is 0 Å². The van der Waals surface area contributed by atoms with Crippen LogP contribution >= 0.6 is 35.3 Å². The van der Waals surface area contributed by atoms with Crippen LogP contribution in [0.4, 0.5) is 5.69 Å². The lowest BCUT2D eigenvalue weighted by Gasteiger charge is -2.10. The highest BCUT2D eigenvalue weighted by Gasteiger charge is 2.02. The van der Waals surface area contributed by atoms with Crippen molar-refractivity contribution in [2.75, 3.05) is 23.9 Å². The monoisotopic (exact) mass is 337 g/mol. The second-order valence-electron chi connectivity index (χ2n) is 4.56. The van der Waals surface area contributed by atoms with Crippen LogP contribution in [0.3, 0.4) is 0 Å². The molecule has 0 aliphatic rings. The zero-order valence-corrected chi connectivity index (χ0v) is 14.6. The minimum Gasteiger partial charge on any atom is -0.362 e. The van der Waals surface area contributed by atoms with Crippen molar-refractivity contribution in [3.05, 3.63) is 34.7 Å². The van der Waals surface area contributed by atoms with Crippen molar-refractivity contribution in [1.82, 2.24) is 10.3 Å². The van der Waals surface area contributed by atoms with Crippen molar-refractivity contribution >= 4 is 46.1 Å². The molecule has 0 saturated carbocycles. The summed E-state index contributed by atoms with van der Waals surface area (Å²) in [6.07, 6.45) is 3.23. The van der Waals surface area contributed by atoms with E-state index in [9.17, 15) is 0 Å². The highest BCUT2D eigenvalue weighted by Crippen LogP contribution is 2.22. The average molecular weight is 338 g/mol. The van der Waals surface area contributed by atoms with Gasteiger partial charge in [0.2, 0.25) is 0 Å². The molecule has 0 unspecified atom stereocenters. The van der Waals surface area contributed by atoms with Crippen molar-refractivity contribution in [2.24, 2.45) is 0 Å². The molecule has 0 aliphatic heterocycles. The maximum atomic E-state index is 5.28. The van der Waals surface area contributed by atoms with Crippen LogP contribution in [-0.2, 0) is 0 Å². The SMILES string of the molecule is CSCCCNC(=S)Nc1ccc(-c2csc(C)n2)cc1. The molecule has 2 aromatic rings. The maximum Gasteiger partial charge on any atom is 0.170 e. The van der Waals surface area contributed by atoms with Gasteiger partial charge < -0.3 is 10.6 Å². The van der Waals surface area contributed by atoms with Gasteiger partial charge in [0.05, 0.1) is 10.7 Å². The normalized spacial score (nSPS) is 10.4. The first kappa shape index (κ1) is 16.3. The Labute approximate surface area is 139 Å². The van der Waals surface area contributed by atoms with Gasteiger partial charge in [-0.2, -0.15) is 11.8 Å². The fourth-order valence-electron chi connectivity index (χ4n) is 1.81. The zero-order valence-electron chi connectivity index (χ0n) is 12.2. The van der Waals surface area contributed by atoms with E-state index in [1.54, 1.807) is 11.3 Å². The lowest BCUT2D eigenvalue weighted by molar-refractivity contribution is 0.855. The average Bonchev–Trinajstić information content (AvgIpc) is 2.91. The van der Waals surface area contributed by atoms with Crippen molar-refractivity contribution in [3.8, 4) is 11.3 Å². The van der Waals surface area contributed by atoms with E-state index >= 15 is 0 Å². The summed E-state index contributed by atoms with van der Waals surface area (Å²) >= 11 is 8.79. The summed E-state index contributed by atoms with van der Waals surface area (Å²) in [7, 11) is 0. The van der Waals surface area contributed by atoms with E-state index in [0.29, 0.717) is 5.11 Å². The van der Waals surface area contributed by atoms with E-state index in [0.717, 1.165) is 40.7 Å². The molecule has 0 atom stereocenters. The minimum atomic E-state index is 0.674. The van der Waals surface area contributed by atoms with Crippen LogP contribution in [0.25, 0.3) is 11.3 Å². The standard InChI is InChI=1S/C15H19N3S3/c1-11-17-14(10-21-11)12-4-6-13(7-5-12)18-15(19)16-8-3-9-20-2/h4-7,10H,3,8-9H2,1-2H3,(H2,16,18,19). The molecule has 1 heterocycles. The third kappa shape index (κ3) is 5.30. The Morgan fingerprint density at radius 1 is 1.33 bits per heavy atom. The van der Waals surface area contributed by atoms with Gasteiger partial charge in [0.1, 0.15) is 0 Å². The molecule has 0 saturated heterocycles. The van der Waals surface area contributed by atoms with Crippen molar-refractivity contribution in [2.45, 2.75) is 13.3 Å². The van der Waals surface area contributed by atoms with E-state index in [4.69, 9.17) is 12.2 Å². The van der Waals surface area contributed by atoms with Gasteiger partial charge in [0.25, 0.3) is 0 Å². The van der Waals surface area contributed by atoms with Gasteiger partial charge in [-0.15, -0.1) is 11.3 Å². The fraction of sp³-hybridized carbons (Fsp3) is 0.333. The van der Waals surface area contributed by atoms with Crippen LogP contribution in [0, 0.1) is 6.92 Å². The minimum absolute atomic E-state index is 0.674. The number of rotatable bonds is 6. The summed E-state index contributed by atoms with van der Waals surface area (Å²) in [5.74, 6) is 1.15. The zero-order chi connectivity index (χ0) is 15.1. The highest BCUT2D eigenvalue weighted by atomic mass is 32.2. The second kappa shape index (κ2) is 8.36. The number of nitrogens with one attached hydrogen (secondary N) is 2. The Kier molecular flexibility index (Phi) is 6.48. The lowest BCUT2D eigenvalue weighted by Crippen LogP contribution is -2.29. The first-order valence-electron chi connectivity index (χ1n) is 6.75. The molecular weight excluding hydrogens is 318 g/mol. The molecule has 0 bridgehead atoms. The fourth-order valence-corrected chi connectivity index (χ4v) is 3.09. The number of aromatic nitrogens is 1. The Hall–Kier alpha value is -1.11. The third-order valence-electron chi connectivity index (χ3n) is 2.87. The summed E-state index contributed by atoms with van der Waals surface area (Å²) in [5.41, 5.74) is 3.15. The third-order valence-corrected chi connectivity index (χ3v) is 4.59. The molecular formula is C15H19N3S3. The van der Waals surface area contributed by atoms with Gasteiger partial charge in [-0.25, -0.2) is 4.98 Å². The number of thioether (sulfide) groups is 1. The van der Waals surface area contributed by atoms with E-state index in [1.807, 2.05) is 30.8 Å². The molecule has 0 aliphatic carbocycles. The van der Waals surface area contributed by atoms with E-state index in [2.05, 4.69) is 39.4 Å². The molecule has 21 heavy (non-hydrogen) atoms. The van der Waals surface area contributed by atoms with Gasteiger partial charge in [-0.05, 0) is 49.7 Å². The maximum absolute atomic E-state index is 5.28. The van der Waals surface area contributed by atoms with Crippen LogP contribution in [0.2, 0.25) is 0 Å². The molecule has 6 heteroatoms. The number of aryl methyl sites for hydroxylation is 1. The first-order chi connectivity index (χ1) is 10.2. The predicted octanol–water partition coefficient (Wildman–Crippen LogP) is 4.16. The Balaban J connectivity index is 1.86. The number of thiocarbonyl (C=S) groups is 1. The molecule has 2 N–H and O–H groups in total. The summed E-state index contributed by atoms with van der Waals surface area (Å²) in [6, 6.07) is 8.18. The molecule has 0 fully saturated rings. The molecule has 2 rings (SSSR count). The quantitative estimate of drug-likeness (QED) is 0.611. The van der Waals surface area contributed by atoms with Gasteiger partial charge in [0.15, 0.2) is 5.11 Å². The van der Waals surface area contributed by atoms with Crippen molar-refractivity contribution in [1.29, 1.82) is 0 Å². The lowest BCUT2D eigenvalue weighted by atomic mass is 10.1. The van der Waals surface area contributed by atoms with Crippen LogP contribution in [-0.4, -0.2) is 28.6 Å². The number of hydrogen-bond donors (Lipinski definition) is 2. The Morgan fingerprint density at radius 2 is 2.10 bits per heavy atom. The van der Waals surface area contributed by atoms with Crippen molar-refractivity contribution < 1.29 is 0 Å². The van der Waals surface area contributed by atoms with Crippen LogP contribution in [0.5, 0.6) is 0 Å². The molecule has 1 aromatic carbocycles. The number of hydrogen-bond acceptors (Lipinski definition) is 4. The highest BCUT2D eigenvalue weighted by molar-refractivity contribution is 7.98. The topological polar surface area (TPSA) is 37.0 Å². The predicted molar refractivity (Wildman–Crippen MR) is 99.5 cm³/mol. The number of anilines is 1. The smallest absolute Gasteiger partial charge is 0.170 e. The van der Waals surface area contributed by atoms with E-state index in [-0.39, 0.29) is 0 Å².